The van der Waals surface area contributed by atoms with E-state index in [0.717, 1.165) is 0 Å². The Hall–Kier alpha value is -0.240. The molecule has 5 nitrogen and oxygen atoms in total. The number of nitrogens with zero attached hydrogens (tertiary/aromatic N) is 1. The van der Waals surface area contributed by atoms with Crippen LogP contribution in [0.25, 0.3) is 0 Å². The van der Waals surface area contributed by atoms with Crippen molar-refractivity contribution in [3.63, 3.8) is 0 Å². The lowest BCUT2D eigenvalue weighted by Crippen LogP contribution is -2.40. The van der Waals surface area contributed by atoms with Gasteiger partial charge in [-0.3, -0.25) is 0 Å². The van der Waals surface area contributed by atoms with Crippen LogP contribution in [0.4, 0.5) is 0 Å². The van der Waals surface area contributed by atoms with Gasteiger partial charge in [0.05, 0.1) is 38.4 Å². The summed E-state index contributed by atoms with van der Waals surface area (Å²) < 4.78 is 17.0. The lowest BCUT2D eigenvalue weighted by atomic mass is 10.3. The fourth-order valence-corrected chi connectivity index (χ4v) is 1.47. The van der Waals surface area contributed by atoms with Crippen molar-refractivity contribution in [3.8, 4) is 6.07 Å². The van der Waals surface area contributed by atoms with E-state index in [2.05, 4.69) is 10.4 Å². The van der Waals surface area contributed by atoms with E-state index in [1.807, 2.05) is 19.9 Å². The first-order valence-corrected chi connectivity index (χ1v) is 5.72. The van der Waals surface area contributed by atoms with E-state index >= 15 is 0 Å². The van der Waals surface area contributed by atoms with Crippen molar-refractivity contribution in [2.24, 2.45) is 0 Å². The van der Waals surface area contributed by atoms with E-state index in [1.165, 1.54) is 0 Å². The predicted molar refractivity (Wildman–Crippen MR) is 59.6 cm³/mol. The largest absolute Gasteiger partial charge is 0.395 e. The van der Waals surface area contributed by atoms with Gasteiger partial charge in [-0.25, -0.2) is 0 Å². The molecule has 0 saturated heterocycles. The minimum Gasteiger partial charge on any atom is -0.395 e. The molecule has 0 spiro atoms. The first kappa shape index (κ1) is 12.8. The maximum absolute atomic E-state index is 8.27. The third-order valence-corrected chi connectivity index (χ3v) is 2.10. The lowest BCUT2D eigenvalue weighted by Gasteiger charge is -2.18. The maximum atomic E-state index is 8.27. The number of hydrogen-bond donors (Lipinski definition) is 2. The molecule has 0 amide bonds. The summed E-state index contributed by atoms with van der Waals surface area (Å²) in [4.78, 5) is 0. The number of aliphatic hydroxyl groups excluding tert-OH is 1. The van der Waals surface area contributed by atoms with Gasteiger partial charge in [0, 0.05) is 6.04 Å². The van der Waals surface area contributed by atoms with E-state index < -0.39 is 0 Å². The first-order chi connectivity index (χ1) is 7.70. The molecule has 0 rings (SSSR count). The molecule has 15 heavy (non-hydrogen) atoms. The Balaban J connectivity index is 3.48. The summed E-state index contributed by atoms with van der Waals surface area (Å²) in [5, 5.41) is 15.8. The van der Waals surface area contributed by atoms with E-state index in [9.17, 15) is 0 Å². The summed E-state index contributed by atoms with van der Waals surface area (Å²) in [5.41, 5.74) is 0. The van der Waals surface area contributed by atoms with Crippen molar-refractivity contribution in [3.05, 3.63) is 0 Å². The molecule has 0 radical (unpaired) electrons. The summed E-state index contributed by atoms with van der Waals surface area (Å²) >= 11 is 0. The molecule has 2 atom stereocenters. The minimum absolute atomic E-state index is 0.00966. The van der Waals surface area contributed by atoms with Crippen LogP contribution in [0.2, 0.25) is 0 Å². The normalized spacial score (nSPS) is 14.4. The van der Waals surface area contributed by atoms with Gasteiger partial charge in [0.25, 0.3) is 0 Å². The second-order valence-corrected chi connectivity index (χ2v) is 4.08. The van der Waals surface area contributed by atoms with Crippen LogP contribution in [-0.4, -0.2) is 38.4 Å². The zero-order valence-electron chi connectivity index (χ0n) is 10.2. The molecule has 6 heteroatoms. The van der Waals surface area contributed by atoms with Gasteiger partial charge in [0.15, 0.2) is 9.03 Å². The van der Waals surface area contributed by atoms with Crippen molar-refractivity contribution in [1.82, 2.24) is 5.32 Å². The summed E-state index contributed by atoms with van der Waals surface area (Å²) in [7, 11) is -0.0720. The molecule has 88 valence electrons. The third kappa shape index (κ3) is 10.1. The fraction of sp³-hybridized carbons (Fsp3) is 0.889. The Morgan fingerprint density at radius 1 is 1.60 bits per heavy atom. The van der Waals surface area contributed by atoms with Crippen LogP contribution in [0.15, 0.2) is 0 Å². The van der Waals surface area contributed by atoms with Crippen LogP contribution in [-0.2, 0) is 9.05 Å². The van der Waals surface area contributed by atoms with Gasteiger partial charge in [-0.05, 0) is 0 Å². The van der Waals surface area contributed by atoms with E-state index in [0.29, 0.717) is 25.7 Å². The van der Waals surface area contributed by atoms with Gasteiger partial charge in [-0.15, -0.1) is 0 Å². The molecular weight excluding hydrogens is 215 g/mol. The highest BCUT2D eigenvalue weighted by Gasteiger charge is 2.08. The molecule has 0 aromatic rings. The smallest absolute Gasteiger partial charge is 0.210 e. The van der Waals surface area contributed by atoms with Gasteiger partial charge in [-0.1, -0.05) is 13.8 Å². The predicted octanol–water partition coefficient (Wildman–Crippen LogP) is 0.801. The molecule has 0 fully saturated rings. The molecule has 0 aliphatic heterocycles. The highest BCUT2D eigenvalue weighted by molar-refractivity contribution is 7.26. The number of aliphatic hydroxyl groups is 1. The van der Waals surface area contributed by atoms with Crippen molar-refractivity contribution in [2.45, 2.75) is 32.4 Å². The van der Waals surface area contributed by atoms with Gasteiger partial charge in [0.2, 0.25) is 1.43 Å². The Labute approximate surface area is 94.2 Å². The van der Waals surface area contributed by atoms with Crippen molar-refractivity contribution >= 4 is 9.03 Å². The Kier molecular flexibility index (Phi) is 8.79. The topological polar surface area (TPSA) is 74.5 Å². The average Bonchev–Trinajstić information content (AvgIpc) is 2.22. The lowest BCUT2D eigenvalue weighted by molar-refractivity contribution is 0.174. The maximum Gasteiger partial charge on any atom is 0.210 e. The van der Waals surface area contributed by atoms with Crippen LogP contribution in [0.1, 0.15) is 20.3 Å². The standard InChI is InChI=1S/C9H19N2O3P/c1-8(2)11-9(6-12)7-14-15-13-5-3-4-10/h8-9,11-12,15H,3,5-7H2,1-2H3/t9-/m0/s1/i12D. The fourth-order valence-electron chi connectivity index (χ4n) is 0.930. The molecule has 1 unspecified atom stereocenters. The Bertz CT molecular complexity index is 202. The minimum atomic E-state index is -0.0720. The monoisotopic (exact) mass is 235 g/mol. The second-order valence-electron chi connectivity index (χ2n) is 3.34. The van der Waals surface area contributed by atoms with Crippen molar-refractivity contribution in [1.29, 1.82) is 6.69 Å². The van der Waals surface area contributed by atoms with Crippen LogP contribution >= 0.6 is 9.03 Å². The quantitative estimate of drug-likeness (QED) is 0.433. The molecule has 0 heterocycles. The average molecular weight is 235 g/mol. The SMILES string of the molecule is [2H]OC[C@@H](COPOCCC#N)NC(C)C. The molecule has 2 N–H and O–H groups in total. The van der Waals surface area contributed by atoms with Gasteiger partial charge in [-0.2, -0.15) is 5.26 Å². The molecule has 0 saturated carbocycles. The highest BCUT2D eigenvalue weighted by Crippen LogP contribution is 2.13. The van der Waals surface area contributed by atoms with Crippen LogP contribution in [0.3, 0.4) is 0 Å². The van der Waals surface area contributed by atoms with Crippen LogP contribution in [0, 0.1) is 11.3 Å². The zero-order valence-corrected chi connectivity index (χ0v) is 10.2. The molecule has 0 bridgehead atoms. The van der Waals surface area contributed by atoms with Crippen molar-refractivity contribution < 1.29 is 14.2 Å². The zero-order chi connectivity index (χ0) is 12.2. The summed E-state index contributed by atoms with van der Waals surface area (Å²) in [5.74, 6) is 0. The summed E-state index contributed by atoms with van der Waals surface area (Å²) in [6.07, 6.45) is 0.375. The van der Waals surface area contributed by atoms with E-state index in [-0.39, 0.29) is 21.7 Å². The summed E-state index contributed by atoms with van der Waals surface area (Å²) in [6.45, 7) is 5.14. The second kappa shape index (κ2) is 10.3. The Morgan fingerprint density at radius 2 is 2.40 bits per heavy atom. The number of nitriles is 1. The van der Waals surface area contributed by atoms with Gasteiger partial charge >= 0.3 is 0 Å². The van der Waals surface area contributed by atoms with Crippen molar-refractivity contribution in [2.75, 3.05) is 19.8 Å². The molecule has 0 aliphatic rings. The number of nitrogens with one attached hydrogen (secondary N) is 1. The molecule has 0 aromatic carbocycles. The summed E-state index contributed by atoms with van der Waals surface area (Å²) in [6, 6.07) is 2.28. The third-order valence-electron chi connectivity index (χ3n) is 1.49. The van der Waals surface area contributed by atoms with Gasteiger partial charge in [0.1, 0.15) is 0 Å². The van der Waals surface area contributed by atoms with Crippen LogP contribution in [0.5, 0.6) is 0 Å². The van der Waals surface area contributed by atoms with E-state index in [4.69, 9.17) is 15.7 Å². The van der Waals surface area contributed by atoms with Gasteiger partial charge < -0.3 is 19.5 Å². The molecular formula is C9H19N2O3P. The number of hydrogen-bond acceptors (Lipinski definition) is 5. The van der Waals surface area contributed by atoms with E-state index in [1.54, 1.807) is 0 Å². The Morgan fingerprint density at radius 3 is 3.00 bits per heavy atom. The number of rotatable bonds is 10. The molecule has 0 aromatic heterocycles. The molecule has 0 aliphatic carbocycles. The highest BCUT2D eigenvalue weighted by atomic mass is 31.1. The first-order valence-electron chi connectivity index (χ1n) is 5.31. The van der Waals surface area contributed by atoms with Crippen LogP contribution < -0.4 is 5.32 Å².